The normalized spacial score (nSPS) is 19.8. The van der Waals surface area contributed by atoms with Crippen LogP contribution in [0.2, 0.25) is 0 Å². The maximum absolute atomic E-state index is 6.17. The Morgan fingerprint density at radius 1 is 1.29 bits per heavy atom. The summed E-state index contributed by atoms with van der Waals surface area (Å²) in [6.45, 7) is 3.22. The van der Waals surface area contributed by atoms with Crippen LogP contribution < -0.4 is 5.73 Å². The summed E-state index contributed by atoms with van der Waals surface area (Å²) in [5.41, 5.74) is 9.17. The van der Waals surface area contributed by atoms with E-state index in [0.717, 1.165) is 35.0 Å². The molecule has 0 bridgehead atoms. The van der Waals surface area contributed by atoms with Crippen molar-refractivity contribution in [3.05, 3.63) is 30.5 Å². The van der Waals surface area contributed by atoms with Crippen molar-refractivity contribution >= 4 is 27.9 Å². The van der Waals surface area contributed by atoms with E-state index in [1.165, 1.54) is 13.0 Å². The van der Waals surface area contributed by atoms with Crippen LogP contribution in [0.25, 0.3) is 21.9 Å². The van der Waals surface area contributed by atoms with Crippen LogP contribution >= 0.6 is 0 Å². The van der Waals surface area contributed by atoms with Gasteiger partial charge in [0.1, 0.15) is 5.52 Å². The quantitative estimate of drug-likeness (QED) is 0.781. The predicted molar refractivity (Wildman–Crippen MR) is 85.1 cm³/mol. The molecule has 2 aromatic heterocycles. The highest BCUT2D eigenvalue weighted by Crippen LogP contribution is 2.28. The second-order valence-electron chi connectivity index (χ2n) is 6.01. The Labute approximate surface area is 123 Å². The summed E-state index contributed by atoms with van der Waals surface area (Å²) in [7, 11) is 2.18. The van der Waals surface area contributed by atoms with Crippen LogP contribution in [0.4, 0.5) is 5.95 Å². The highest BCUT2D eigenvalue weighted by Gasteiger charge is 2.22. The lowest BCUT2D eigenvalue weighted by atomic mass is 10.1. The number of hydrogen-bond donors (Lipinski definition) is 1. The molecule has 1 aliphatic rings. The van der Waals surface area contributed by atoms with E-state index in [4.69, 9.17) is 5.73 Å². The van der Waals surface area contributed by atoms with Crippen molar-refractivity contribution in [2.75, 3.05) is 25.9 Å². The molecule has 3 aromatic rings. The van der Waals surface area contributed by atoms with Crippen molar-refractivity contribution in [1.29, 1.82) is 0 Å². The number of imidazole rings is 1. The van der Waals surface area contributed by atoms with Gasteiger partial charge in [-0.15, -0.1) is 0 Å². The standard InChI is InChI=1S/C16H19N5/c1-20-7-6-11(9-20)10-21-15-12-4-2-3-5-13(12)18-8-14(15)19-16(21)17/h2-5,8,11H,6-7,9-10H2,1H3,(H2,17,19). The van der Waals surface area contributed by atoms with Gasteiger partial charge in [-0.2, -0.15) is 0 Å². The van der Waals surface area contributed by atoms with Crippen LogP contribution in [0.1, 0.15) is 6.42 Å². The maximum atomic E-state index is 6.17. The third kappa shape index (κ3) is 2.05. The molecule has 2 N–H and O–H groups in total. The molecule has 0 spiro atoms. The summed E-state index contributed by atoms with van der Waals surface area (Å²) in [5, 5.41) is 1.13. The number of benzene rings is 1. The fourth-order valence-corrected chi connectivity index (χ4v) is 3.40. The minimum Gasteiger partial charge on any atom is -0.369 e. The molecular formula is C16H19N5. The Hall–Kier alpha value is -2.14. The van der Waals surface area contributed by atoms with E-state index >= 15 is 0 Å². The van der Waals surface area contributed by atoms with E-state index in [9.17, 15) is 0 Å². The molecule has 1 aliphatic heterocycles. The van der Waals surface area contributed by atoms with E-state index in [1.54, 1.807) is 0 Å². The average molecular weight is 281 g/mol. The second-order valence-corrected chi connectivity index (χ2v) is 6.01. The topological polar surface area (TPSA) is 60.0 Å². The molecule has 0 saturated carbocycles. The van der Waals surface area contributed by atoms with E-state index < -0.39 is 0 Å². The molecule has 1 fully saturated rings. The zero-order valence-corrected chi connectivity index (χ0v) is 12.2. The zero-order chi connectivity index (χ0) is 14.4. The smallest absolute Gasteiger partial charge is 0.201 e. The monoisotopic (exact) mass is 281 g/mol. The maximum Gasteiger partial charge on any atom is 0.201 e. The van der Waals surface area contributed by atoms with E-state index in [0.29, 0.717) is 11.9 Å². The summed E-state index contributed by atoms with van der Waals surface area (Å²) in [5.74, 6) is 1.24. The third-order valence-corrected chi connectivity index (χ3v) is 4.44. The molecule has 21 heavy (non-hydrogen) atoms. The minimum absolute atomic E-state index is 0.595. The molecule has 1 aromatic carbocycles. The first-order valence-electron chi connectivity index (χ1n) is 7.40. The molecule has 5 heteroatoms. The van der Waals surface area contributed by atoms with E-state index in [-0.39, 0.29) is 0 Å². The lowest BCUT2D eigenvalue weighted by molar-refractivity contribution is 0.380. The van der Waals surface area contributed by atoms with Gasteiger partial charge in [-0.25, -0.2) is 4.98 Å². The van der Waals surface area contributed by atoms with Crippen molar-refractivity contribution in [3.8, 4) is 0 Å². The van der Waals surface area contributed by atoms with Gasteiger partial charge < -0.3 is 15.2 Å². The van der Waals surface area contributed by atoms with Crippen LogP contribution in [0, 0.1) is 5.92 Å². The molecular weight excluding hydrogens is 262 g/mol. The van der Waals surface area contributed by atoms with Gasteiger partial charge in [0.25, 0.3) is 0 Å². The molecule has 1 unspecified atom stereocenters. The highest BCUT2D eigenvalue weighted by molar-refractivity contribution is 6.02. The van der Waals surface area contributed by atoms with Crippen LogP contribution in [-0.2, 0) is 6.54 Å². The minimum atomic E-state index is 0.595. The molecule has 3 heterocycles. The Bertz CT molecular complexity index is 807. The molecule has 1 saturated heterocycles. The Morgan fingerprint density at radius 3 is 2.95 bits per heavy atom. The van der Waals surface area contributed by atoms with Crippen molar-refractivity contribution in [2.24, 2.45) is 5.92 Å². The molecule has 0 radical (unpaired) electrons. The first-order valence-corrected chi connectivity index (χ1v) is 7.40. The van der Waals surface area contributed by atoms with Gasteiger partial charge in [-0.05, 0) is 32.0 Å². The number of nitrogens with two attached hydrogens (primary N) is 1. The summed E-state index contributed by atoms with van der Waals surface area (Å²) >= 11 is 0. The van der Waals surface area contributed by atoms with Gasteiger partial charge in [-0.3, -0.25) is 4.98 Å². The Kier molecular flexibility index (Phi) is 2.82. The largest absolute Gasteiger partial charge is 0.369 e. The van der Waals surface area contributed by atoms with Gasteiger partial charge in [0.05, 0.1) is 17.2 Å². The number of rotatable bonds is 2. The van der Waals surface area contributed by atoms with Gasteiger partial charge in [0.2, 0.25) is 5.95 Å². The molecule has 108 valence electrons. The first-order chi connectivity index (χ1) is 10.2. The third-order valence-electron chi connectivity index (χ3n) is 4.44. The SMILES string of the molecule is CN1CCC(Cn2c(N)nc3cnc4ccccc4c32)C1. The number of para-hydroxylation sites is 1. The Balaban J connectivity index is 1.87. The van der Waals surface area contributed by atoms with Gasteiger partial charge in [-0.1, -0.05) is 18.2 Å². The van der Waals surface area contributed by atoms with E-state index in [1.807, 2.05) is 24.4 Å². The molecule has 1 atom stereocenters. The summed E-state index contributed by atoms with van der Waals surface area (Å²) in [6, 6.07) is 8.19. The average Bonchev–Trinajstić information content (AvgIpc) is 3.03. The summed E-state index contributed by atoms with van der Waals surface area (Å²) in [4.78, 5) is 11.3. The molecule has 0 aliphatic carbocycles. The molecule has 4 rings (SSSR count). The second kappa shape index (κ2) is 4.70. The van der Waals surface area contributed by atoms with E-state index in [2.05, 4.69) is 32.5 Å². The number of anilines is 1. The number of nitrogens with zero attached hydrogens (tertiary/aromatic N) is 4. The summed E-state index contributed by atoms with van der Waals surface area (Å²) < 4.78 is 2.17. The van der Waals surface area contributed by atoms with Crippen LogP contribution in [0.5, 0.6) is 0 Å². The number of hydrogen-bond acceptors (Lipinski definition) is 4. The highest BCUT2D eigenvalue weighted by atomic mass is 15.2. The first kappa shape index (κ1) is 12.6. The molecule has 5 nitrogen and oxygen atoms in total. The predicted octanol–water partition coefficient (Wildman–Crippen LogP) is 2.12. The van der Waals surface area contributed by atoms with Crippen LogP contribution in [0.15, 0.2) is 30.5 Å². The van der Waals surface area contributed by atoms with Crippen molar-refractivity contribution < 1.29 is 0 Å². The van der Waals surface area contributed by atoms with Crippen LogP contribution in [0.3, 0.4) is 0 Å². The van der Waals surface area contributed by atoms with Gasteiger partial charge >= 0.3 is 0 Å². The Morgan fingerprint density at radius 2 is 2.14 bits per heavy atom. The number of aromatic nitrogens is 3. The lowest BCUT2D eigenvalue weighted by Gasteiger charge is -2.14. The number of fused-ring (bicyclic) bond motifs is 3. The fraction of sp³-hybridized carbons (Fsp3) is 0.375. The van der Waals surface area contributed by atoms with Crippen molar-refractivity contribution in [2.45, 2.75) is 13.0 Å². The molecule has 0 amide bonds. The number of pyridine rings is 1. The lowest BCUT2D eigenvalue weighted by Crippen LogP contribution is -2.18. The van der Waals surface area contributed by atoms with Crippen molar-refractivity contribution in [3.63, 3.8) is 0 Å². The van der Waals surface area contributed by atoms with Gasteiger partial charge in [0.15, 0.2) is 0 Å². The number of likely N-dealkylation sites (tertiary alicyclic amines) is 1. The van der Waals surface area contributed by atoms with Crippen LogP contribution in [-0.4, -0.2) is 39.6 Å². The van der Waals surface area contributed by atoms with Gasteiger partial charge in [0, 0.05) is 18.5 Å². The fourth-order valence-electron chi connectivity index (χ4n) is 3.40. The zero-order valence-electron chi connectivity index (χ0n) is 12.2. The summed E-state index contributed by atoms with van der Waals surface area (Å²) in [6.07, 6.45) is 3.05. The number of nitrogen functional groups attached to an aromatic ring is 1. The van der Waals surface area contributed by atoms with Crippen molar-refractivity contribution in [1.82, 2.24) is 19.4 Å².